The van der Waals surface area contributed by atoms with Crippen LogP contribution in [0.15, 0.2) is 24.3 Å². The standard InChI is InChI=1S/C15H20N2O2/c1-3-8-16-14(18)11-9-12(11)15(19)17-13-7-5-4-6-10(13)2/h4-7,11-12H,3,8-9H2,1-2H3,(H,16,18)(H,17,19). The lowest BCUT2D eigenvalue weighted by Gasteiger charge is -2.07. The molecule has 1 aromatic rings. The van der Waals surface area contributed by atoms with Crippen LogP contribution < -0.4 is 10.6 Å². The Hall–Kier alpha value is -1.84. The number of para-hydroxylation sites is 1. The summed E-state index contributed by atoms with van der Waals surface area (Å²) in [7, 11) is 0. The molecule has 4 heteroatoms. The Kier molecular flexibility index (Phi) is 4.20. The highest BCUT2D eigenvalue weighted by atomic mass is 16.2. The highest BCUT2D eigenvalue weighted by Crippen LogP contribution is 2.39. The fourth-order valence-corrected chi connectivity index (χ4v) is 2.09. The summed E-state index contributed by atoms with van der Waals surface area (Å²) >= 11 is 0. The molecule has 0 spiro atoms. The summed E-state index contributed by atoms with van der Waals surface area (Å²) in [6, 6.07) is 7.65. The molecule has 0 aliphatic heterocycles. The Morgan fingerprint density at radius 2 is 1.89 bits per heavy atom. The number of hydrogen-bond acceptors (Lipinski definition) is 2. The van der Waals surface area contributed by atoms with Crippen molar-refractivity contribution >= 4 is 17.5 Å². The molecule has 1 saturated carbocycles. The van der Waals surface area contributed by atoms with Gasteiger partial charge in [0, 0.05) is 12.2 Å². The van der Waals surface area contributed by atoms with Crippen LogP contribution in [0, 0.1) is 18.8 Å². The lowest BCUT2D eigenvalue weighted by atomic mass is 10.2. The summed E-state index contributed by atoms with van der Waals surface area (Å²) in [5.74, 6) is -0.357. The first-order valence-electron chi connectivity index (χ1n) is 6.77. The van der Waals surface area contributed by atoms with Crippen molar-refractivity contribution < 1.29 is 9.59 Å². The Morgan fingerprint density at radius 3 is 2.58 bits per heavy atom. The molecule has 0 saturated heterocycles. The van der Waals surface area contributed by atoms with Gasteiger partial charge in [0.15, 0.2) is 0 Å². The zero-order valence-electron chi connectivity index (χ0n) is 11.4. The predicted octanol–water partition coefficient (Wildman–Crippen LogP) is 2.10. The van der Waals surface area contributed by atoms with E-state index < -0.39 is 0 Å². The SMILES string of the molecule is CCCNC(=O)C1CC1C(=O)Nc1ccccc1C. The van der Waals surface area contributed by atoms with Crippen LogP contribution in [0.1, 0.15) is 25.3 Å². The molecule has 0 radical (unpaired) electrons. The molecule has 4 nitrogen and oxygen atoms in total. The summed E-state index contributed by atoms with van der Waals surface area (Å²) in [6.45, 7) is 4.64. The summed E-state index contributed by atoms with van der Waals surface area (Å²) in [5, 5.41) is 5.73. The Labute approximate surface area is 113 Å². The summed E-state index contributed by atoms with van der Waals surface area (Å²) < 4.78 is 0. The second-order valence-corrected chi connectivity index (χ2v) is 5.04. The molecule has 2 amide bonds. The summed E-state index contributed by atoms with van der Waals surface area (Å²) in [6.07, 6.45) is 1.58. The lowest BCUT2D eigenvalue weighted by Crippen LogP contribution is -2.28. The largest absolute Gasteiger partial charge is 0.356 e. The van der Waals surface area contributed by atoms with Gasteiger partial charge in [-0.15, -0.1) is 0 Å². The third-order valence-corrected chi connectivity index (χ3v) is 3.42. The second-order valence-electron chi connectivity index (χ2n) is 5.04. The van der Waals surface area contributed by atoms with Gasteiger partial charge in [0.25, 0.3) is 0 Å². The maximum atomic E-state index is 12.0. The van der Waals surface area contributed by atoms with Gasteiger partial charge in [-0.1, -0.05) is 25.1 Å². The van der Waals surface area contributed by atoms with Gasteiger partial charge in [0.05, 0.1) is 11.8 Å². The van der Waals surface area contributed by atoms with E-state index in [-0.39, 0.29) is 23.7 Å². The van der Waals surface area contributed by atoms with E-state index >= 15 is 0 Å². The fraction of sp³-hybridized carbons (Fsp3) is 0.467. The molecule has 2 N–H and O–H groups in total. The van der Waals surface area contributed by atoms with Crippen molar-refractivity contribution in [3.8, 4) is 0 Å². The van der Waals surface area contributed by atoms with Gasteiger partial charge in [0.2, 0.25) is 11.8 Å². The molecule has 1 fully saturated rings. The number of nitrogens with one attached hydrogen (secondary N) is 2. The monoisotopic (exact) mass is 260 g/mol. The molecule has 0 bridgehead atoms. The average Bonchev–Trinajstić information content (AvgIpc) is 3.19. The topological polar surface area (TPSA) is 58.2 Å². The van der Waals surface area contributed by atoms with E-state index in [9.17, 15) is 9.59 Å². The number of carbonyl (C=O) groups excluding carboxylic acids is 2. The smallest absolute Gasteiger partial charge is 0.228 e. The van der Waals surface area contributed by atoms with E-state index in [1.807, 2.05) is 38.1 Å². The van der Waals surface area contributed by atoms with Crippen molar-refractivity contribution in [1.29, 1.82) is 0 Å². The maximum Gasteiger partial charge on any atom is 0.228 e. The molecular weight excluding hydrogens is 240 g/mol. The summed E-state index contributed by atoms with van der Waals surface area (Å²) in [5.41, 5.74) is 1.86. The van der Waals surface area contributed by atoms with E-state index in [2.05, 4.69) is 10.6 Å². The van der Waals surface area contributed by atoms with Gasteiger partial charge in [-0.05, 0) is 31.4 Å². The van der Waals surface area contributed by atoms with E-state index in [1.54, 1.807) is 0 Å². The van der Waals surface area contributed by atoms with Gasteiger partial charge >= 0.3 is 0 Å². The van der Waals surface area contributed by atoms with E-state index in [0.29, 0.717) is 13.0 Å². The quantitative estimate of drug-likeness (QED) is 0.851. The Morgan fingerprint density at radius 1 is 1.21 bits per heavy atom. The first kappa shape index (κ1) is 13.6. The van der Waals surface area contributed by atoms with Crippen molar-refractivity contribution in [3.63, 3.8) is 0 Å². The van der Waals surface area contributed by atoms with Crippen LogP contribution in [0.5, 0.6) is 0 Å². The van der Waals surface area contributed by atoms with Crippen LogP contribution in [0.3, 0.4) is 0 Å². The van der Waals surface area contributed by atoms with Crippen LogP contribution in [-0.4, -0.2) is 18.4 Å². The van der Waals surface area contributed by atoms with Gasteiger partial charge in [-0.2, -0.15) is 0 Å². The summed E-state index contributed by atoms with van der Waals surface area (Å²) in [4.78, 5) is 23.7. The maximum absolute atomic E-state index is 12.0. The Bertz CT molecular complexity index is 485. The number of carbonyl (C=O) groups is 2. The van der Waals surface area contributed by atoms with Gasteiger partial charge < -0.3 is 10.6 Å². The molecule has 0 aromatic heterocycles. The molecule has 102 valence electrons. The Balaban J connectivity index is 1.86. The van der Waals surface area contributed by atoms with Crippen molar-refractivity contribution in [2.45, 2.75) is 26.7 Å². The third-order valence-electron chi connectivity index (χ3n) is 3.42. The van der Waals surface area contributed by atoms with Crippen LogP contribution >= 0.6 is 0 Å². The number of anilines is 1. The number of aryl methyl sites for hydroxylation is 1. The van der Waals surface area contributed by atoms with Gasteiger partial charge in [-0.25, -0.2) is 0 Å². The fourth-order valence-electron chi connectivity index (χ4n) is 2.09. The first-order valence-corrected chi connectivity index (χ1v) is 6.77. The van der Waals surface area contributed by atoms with Gasteiger partial charge in [0.1, 0.15) is 0 Å². The van der Waals surface area contributed by atoms with Crippen LogP contribution in [0.4, 0.5) is 5.69 Å². The molecule has 0 heterocycles. The lowest BCUT2D eigenvalue weighted by molar-refractivity contribution is -0.125. The van der Waals surface area contributed by atoms with Crippen molar-refractivity contribution in [2.24, 2.45) is 11.8 Å². The molecule has 19 heavy (non-hydrogen) atoms. The number of benzene rings is 1. The minimum Gasteiger partial charge on any atom is -0.356 e. The van der Waals surface area contributed by atoms with Crippen LogP contribution in [0.2, 0.25) is 0 Å². The minimum absolute atomic E-state index is 0.00628. The van der Waals surface area contributed by atoms with E-state index in [1.165, 1.54) is 0 Å². The molecule has 2 rings (SSSR count). The van der Waals surface area contributed by atoms with E-state index in [4.69, 9.17) is 0 Å². The van der Waals surface area contributed by atoms with Crippen LogP contribution in [-0.2, 0) is 9.59 Å². The van der Waals surface area contributed by atoms with Crippen LogP contribution in [0.25, 0.3) is 0 Å². The number of rotatable bonds is 5. The molecule has 1 aliphatic carbocycles. The molecule has 2 unspecified atom stereocenters. The predicted molar refractivity (Wildman–Crippen MR) is 74.7 cm³/mol. The average molecular weight is 260 g/mol. The number of hydrogen-bond donors (Lipinski definition) is 2. The number of amides is 2. The zero-order valence-corrected chi connectivity index (χ0v) is 11.4. The highest BCUT2D eigenvalue weighted by molar-refractivity contribution is 5.99. The molecular formula is C15H20N2O2. The molecule has 2 atom stereocenters. The first-order chi connectivity index (χ1) is 9.13. The molecule has 1 aliphatic rings. The third kappa shape index (κ3) is 3.34. The minimum atomic E-state index is -0.170. The van der Waals surface area contributed by atoms with E-state index in [0.717, 1.165) is 17.7 Å². The normalized spacial score (nSPS) is 20.7. The molecule has 1 aromatic carbocycles. The van der Waals surface area contributed by atoms with Gasteiger partial charge in [-0.3, -0.25) is 9.59 Å². The highest BCUT2D eigenvalue weighted by Gasteiger charge is 2.47. The zero-order chi connectivity index (χ0) is 13.8. The van der Waals surface area contributed by atoms with Crippen molar-refractivity contribution in [2.75, 3.05) is 11.9 Å². The second kappa shape index (κ2) is 5.87. The van der Waals surface area contributed by atoms with Crippen molar-refractivity contribution in [3.05, 3.63) is 29.8 Å². The van der Waals surface area contributed by atoms with Crippen molar-refractivity contribution in [1.82, 2.24) is 5.32 Å².